The summed E-state index contributed by atoms with van der Waals surface area (Å²) in [5, 5.41) is 11.6. The first-order chi connectivity index (χ1) is 20.9. The largest absolute Gasteiger partial charge is 0.507 e. The van der Waals surface area contributed by atoms with Crippen molar-refractivity contribution < 1.29 is 33.6 Å². The Morgan fingerprint density at radius 2 is 1.70 bits per heavy atom. The Labute approximate surface area is 252 Å². The number of aliphatic hydroxyl groups excluding tert-OH is 1. The maximum Gasteiger partial charge on any atom is 0.295 e. The van der Waals surface area contributed by atoms with Crippen molar-refractivity contribution >= 4 is 17.4 Å². The number of nitrogens with zero attached hydrogens (tertiary/aromatic N) is 2. The molecule has 226 valence electrons. The summed E-state index contributed by atoms with van der Waals surface area (Å²) in [4.78, 5) is 30.9. The molecule has 9 nitrogen and oxygen atoms in total. The number of carbonyl (C=O) groups is 2. The summed E-state index contributed by atoms with van der Waals surface area (Å²) < 4.78 is 23.0. The van der Waals surface area contributed by atoms with Gasteiger partial charge in [-0.1, -0.05) is 50.2 Å². The molecule has 1 saturated heterocycles. The lowest BCUT2D eigenvalue weighted by molar-refractivity contribution is -0.140. The quantitative estimate of drug-likeness (QED) is 0.176. The molecule has 0 saturated carbocycles. The molecule has 0 aliphatic carbocycles. The van der Waals surface area contributed by atoms with Crippen molar-refractivity contribution in [2.75, 3.05) is 46.5 Å². The van der Waals surface area contributed by atoms with E-state index in [1.54, 1.807) is 42.3 Å². The molecule has 2 heterocycles. The first-order valence-electron chi connectivity index (χ1n) is 14.7. The van der Waals surface area contributed by atoms with Gasteiger partial charge >= 0.3 is 0 Å². The lowest BCUT2D eigenvalue weighted by Crippen LogP contribution is -2.33. The van der Waals surface area contributed by atoms with Gasteiger partial charge in [0.05, 0.1) is 18.7 Å². The predicted octanol–water partition coefficient (Wildman–Crippen LogP) is 5.20. The average Bonchev–Trinajstić information content (AvgIpc) is 3.30. The molecule has 0 unspecified atom stereocenters. The van der Waals surface area contributed by atoms with Crippen molar-refractivity contribution in [3.8, 4) is 23.0 Å². The molecular weight excluding hydrogens is 548 g/mol. The first-order valence-corrected chi connectivity index (χ1v) is 14.7. The van der Waals surface area contributed by atoms with Crippen molar-refractivity contribution in [2.24, 2.45) is 0 Å². The van der Waals surface area contributed by atoms with Crippen LogP contribution in [0.3, 0.4) is 0 Å². The van der Waals surface area contributed by atoms with E-state index in [9.17, 15) is 14.7 Å². The number of hydrogen-bond donors (Lipinski definition) is 1. The number of ether oxygens (including phenoxy) is 4. The lowest BCUT2D eigenvalue weighted by atomic mass is 9.94. The van der Waals surface area contributed by atoms with E-state index < -0.39 is 17.7 Å². The highest BCUT2D eigenvalue weighted by Gasteiger charge is 2.46. The van der Waals surface area contributed by atoms with Crippen LogP contribution < -0.4 is 18.9 Å². The summed E-state index contributed by atoms with van der Waals surface area (Å²) >= 11 is 0. The number of ketones is 1. The third kappa shape index (κ3) is 6.46. The Morgan fingerprint density at radius 3 is 2.42 bits per heavy atom. The molecule has 5 rings (SSSR count). The van der Waals surface area contributed by atoms with Gasteiger partial charge in [0.1, 0.15) is 25.6 Å². The van der Waals surface area contributed by atoms with Gasteiger partial charge in [0.15, 0.2) is 23.0 Å². The Balaban J connectivity index is 1.52. The van der Waals surface area contributed by atoms with Crippen molar-refractivity contribution in [3.05, 3.63) is 89.0 Å². The number of hydrogen-bond acceptors (Lipinski definition) is 8. The maximum atomic E-state index is 13.6. The molecule has 1 atom stereocenters. The second kappa shape index (κ2) is 13.6. The highest BCUT2D eigenvalue weighted by Crippen LogP contribution is 2.43. The highest BCUT2D eigenvalue weighted by molar-refractivity contribution is 6.46. The molecule has 1 amide bonds. The molecule has 2 aliphatic rings. The minimum absolute atomic E-state index is 0.0181. The van der Waals surface area contributed by atoms with Gasteiger partial charge in [0, 0.05) is 12.1 Å². The van der Waals surface area contributed by atoms with Crippen LogP contribution in [-0.4, -0.2) is 73.1 Å². The Hall–Kier alpha value is -4.50. The summed E-state index contributed by atoms with van der Waals surface area (Å²) in [6.45, 7) is 8.27. The van der Waals surface area contributed by atoms with Crippen LogP contribution in [0.2, 0.25) is 0 Å². The molecule has 2 aliphatic heterocycles. The molecule has 3 aromatic carbocycles. The zero-order chi connectivity index (χ0) is 30.3. The van der Waals surface area contributed by atoms with Crippen LogP contribution in [0.15, 0.2) is 72.3 Å². The molecule has 0 radical (unpaired) electrons. The molecule has 1 fully saturated rings. The third-order valence-electron chi connectivity index (χ3n) is 7.86. The van der Waals surface area contributed by atoms with Gasteiger partial charge in [0.25, 0.3) is 11.7 Å². The van der Waals surface area contributed by atoms with Gasteiger partial charge < -0.3 is 33.9 Å². The Bertz CT molecular complexity index is 1480. The number of Topliss-reactive ketones (excluding diaryl/α,β-unsaturated/α-hetero) is 1. The van der Waals surface area contributed by atoms with Crippen molar-refractivity contribution in [1.29, 1.82) is 0 Å². The van der Waals surface area contributed by atoms with Gasteiger partial charge in [-0.05, 0) is 67.5 Å². The highest BCUT2D eigenvalue weighted by atomic mass is 16.6. The minimum atomic E-state index is -0.818. The number of carbonyl (C=O) groups excluding carboxylic acids is 2. The van der Waals surface area contributed by atoms with E-state index in [0.717, 1.165) is 25.2 Å². The summed E-state index contributed by atoms with van der Waals surface area (Å²) in [7, 11) is 1.55. The predicted molar refractivity (Wildman–Crippen MR) is 163 cm³/mol. The molecule has 43 heavy (non-hydrogen) atoms. The smallest absolute Gasteiger partial charge is 0.295 e. The fraction of sp³-hybridized carbons (Fsp3) is 0.353. The van der Waals surface area contributed by atoms with Crippen LogP contribution in [0.25, 0.3) is 5.76 Å². The second-order valence-corrected chi connectivity index (χ2v) is 10.4. The number of benzene rings is 3. The van der Waals surface area contributed by atoms with E-state index in [4.69, 9.17) is 18.9 Å². The number of aliphatic hydroxyl groups is 1. The van der Waals surface area contributed by atoms with Crippen molar-refractivity contribution in [2.45, 2.75) is 32.9 Å². The third-order valence-corrected chi connectivity index (χ3v) is 7.86. The number of rotatable bonds is 12. The standard InChI is InChI=1S/C34H38N2O7/c1-4-35(5-2)16-9-17-36-31(24-12-14-26(28(20-24)40-3)43-22-23-10-7-6-8-11-23)30(33(38)34(36)39)32(37)25-13-15-27-29(21-25)42-19-18-41-27/h6-8,10-15,20-21,31,37H,4-5,9,16-19,22H2,1-3H3/t31-/m0/s1. The average molecular weight is 587 g/mol. The van der Waals surface area contributed by atoms with Gasteiger partial charge in [-0.3, -0.25) is 9.59 Å². The normalized spacial score (nSPS) is 17.4. The zero-order valence-electron chi connectivity index (χ0n) is 24.9. The fourth-order valence-electron chi connectivity index (χ4n) is 5.52. The van der Waals surface area contributed by atoms with Gasteiger partial charge in [-0.15, -0.1) is 0 Å². The molecular formula is C34H38N2O7. The Kier molecular flexibility index (Phi) is 9.51. The van der Waals surface area contributed by atoms with Crippen molar-refractivity contribution in [1.82, 2.24) is 9.80 Å². The molecule has 0 bridgehead atoms. The molecule has 3 aromatic rings. The van der Waals surface area contributed by atoms with Crippen LogP contribution in [0.5, 0.6) is 23.0 Å². The van der Waals surface area contributed by atoms with E-state index in [2.05, 4.69) is 18.7 Å². The number of methoxy groups -OCH3 is 1. The zero-order valence-corrected chi connectivity index (χ0v) is 24.9. The van der Waals surface area contributed by atoms with Crippen molar-refractivity contribution in [3.63, 3.8) is 0 Å². The maximum absolute atomic E-state index is 13.6. The second-order valence-electron chi connectivity index (χ2n) is 10.4. The van der Waals surface area contributed by atoms with Gasteiger partial charge in [-0.25, -0.2) is 0 Å². The van der Waals surface area contributed by atoms with E-state index in [0.29, 0.717) is 66.9 Å². The molecule has 9 heteroatoms. The summed E-state index contributed by atoms with van der Waals surface area (Å²) in [6, 6.07) is 19.3. The summed E-state index contributed by atoms with van der Waals surface area (Å²) in [5.74, 6) is 0.376. The molecule has 1 N–H and O–H groups in total. The van der Waals surface area contributed by atoms with Crippen LogP contribution in [0.1, 0.15) is 43.0 Å². The number of likely N-dealkylation sites (tertiary alicyclic amines) is 1. The minimum Gasteiger partial charge on any atom is -0.507 e. The van der Waals surface area contributed by atoms with E-state index >= 15 is 0 Å². The van der Waals surface area contributed by atoms with Crippen LogP contribution in [-0.2, 0) is 16.2 Å². The van der Waals surface area contributed by atoms with Crippen LogP contribution >= 0.6 is 0 Å². The topological polar surface area (TPSA) is 97.8 Å². The van der Waals surface area contributed by atoms with E-state index in [1.807, 2.05) is 36.4 Å². The summed E-state index contributed by atoms with van der Waals surface area (Å²) in [5.41, 5.74) is 2.02. The molecule has 0 aromatic heterocycles. The monoisotopic (exact) mass is 586 g/mol. The van der Waals surface area contributed by atoms with Gasteiger partial charge in [0.2, 0.25) is 0 Å². The SMILES string of the molecule is CCN(CC)CCCN1C(=O)C(=O)C(=C(O)c2ccc3c(c2)OCCO3)[C@@H]1c1ccc(OCc2ccccc2)c(OC)c1. The number of amides is 1. The Morgan fingerprint density at radius 1 is 0.953 bits per heavy atom. The van der Waals surface area contributed by atoms with E-state index in [-0.39, 0.29) is 11.3 Å². The fourth-order valence-corrected chi connectivity index (χ4v) is 5.52. The first kappa shape index (κ1) is 30.0. The van der Waals surface area contributed by atoms with Crippen LogP contribution in [0.4, 0.5) is 0 Å². The van der Waals surface area contributed by atoms with Gasteiger partial charge in [-0.2, -0.15) is 0 Å². The summed E-state index contributed by atoms with van der Waals surface area (Å²) in [6.07, 6.45) is 0.671. The number of fused-ring (bicyclic) bond motifs is 1. The lowest BCUT2D eigenvalue weighted by Gasteiger charge is -2.27. The molecule has 0 spiro atoms. The van der Waals surface area contributed by atoms with Crippen LogP contribution in [0, 0.1) is 0 Å². The van der Waals surface area contributed by atoms with E-state index in [1.165, 1.54) is 0 Å².